The molecule has 5 nitrogen and oxygen atoms in total. The second-order valence-electron chi connectivity index (χ2n) is 7.53. The third kappa shape index (κ3) is 6.00. The summed E-state index contributed by atoms with van der Waals surface area (Å²) in [7, 11) is 0. The van der Waals surface area contributed by atoms with Gasteiger partial charge in [0.25, 0.3) is 11.8 Å². The summed E-state index contributed by atoms with van der Waals surface area (Å²) in [6, 6.07) is 9.50. The molecule has 0 spiro atoms. The number of halogens is 2. The summed E-state index contributed by atoms with van der Waals surface area (Å²) in [5.41, 5.74) is 0.527. The van der Waals surface area contributed by atoms with Gasteiger partial charge in [0.1, 0.15) is 11.5 Å². The van der Waals surface area contributed by atoms with Crippen LogP contribution in [-0.2, 0) is 0 Å². The number of hydrogen-bond donors (Lipinski definition) is 2. The van der Waals surface area contributed by atoms with Gasteiger partial charge in [-0.25, -0.2) is 9.37 Å². The molecule has 154 valence electrons. The number of unbranched alkanes of at least 4 members (excludes halogenated alkanes) is 1. The standard InChI is InChI=1S/C22H25ClFN3O2/c23-17-7-5-6-16(14-17)20(28)25-13-4-3-12-22(10-1-2-11-22)27-21(29)19-9-8-18(24)15-26-19/h5-9,14-15H,1-4,10-13H2,(H,25,28)(H,27,29). The quantitative estimate of drug-likeness (QED) is 0.620. The van der Waals surface area contributed by atoms with Gasteiger partial charge in [-0.15, -0.1) is 0 Å². The Kier molecular flexibility index (Phi) is 7.20. The second-order valence-corrected chi connectivity index (χ2v) is 7.96. The van der Waals surface area contributed by atoms with Crippen molar-refractivity contribution in [2.75, 3.05) is 6.54 Å². The van der Waals surface area contributed by atoms with E-state index in [1.54, 1.807) is 24.3 Å². The van der Waals surface area contributed by atoms with Crippen LogP contribution in [0.5, 0.6) is 0 Å². The van der Waals surface area contributed by atoms with Crippen LogP contribution in [0.15, 0.2) is 42.6 Å². The van der Waals surface area contributed by atoms with Gasteiger partial charge in [0, 0.05) is 22.7 Å². The third-order valence-electron chi connectivity index (χ3n) is 5.35. The van der Waals surface area contributed by atoms with Gasteiger partial charge in [-0.1, -0.05) is 30.5 Å². The van der Waals surface area contributed by atoms with Crippen molar-refractivity contribution in [1.29, 1.82) is 0 Å². The topological polar surface area (TPSA) is 71.1 Å². The van der Waals surface area contributed by atoms with Crippen molar-refractivity contribution >= 4 is 23.4 Å². The Labute approximate surface area is 175 Å². The van der Waals surface area contributed by atoms with Crippen LogP contribution in [0.1, 0.15) is 65.8 Å². The monoisotopic (exact) mass is 417 g/mol. The van der Waals surface area contributed by atoms with E-state index >= 15 is 0 Å². The molecule has 2 aromatic rings. The number of amides is 2. The molecular formula is C22H25ClFN3O2. The van der Waals surface area contributed by atoms with E-state index in [2.05, 4.69) is 15.6 Å². The number of benzene rings is 1. The summed E-state index contributed by atoms with van der Waals surface area (Å²) in [6.07, 6.45) is 7.59. The van der Waals surface area contributed by atoms with Crippen molar-refractivity contribution in [3.05, 3.63) is 64.7 Å². The SMILES string of the molecule is O=C(NCCCCC1(NC(=O)c2ccc(F)cn2)CCCC1)c1cccc(Cl)c1. The summed E-state index contributed by atoms with van der Waals surface area (Å²) >= 11 is 5.92. The average Bonchev–Trinajstić information content (AvgIpc) is 3.16. The van der Waals surface area contributed by atoms with E-state index in [4.69, 9.17) is 11.6 Å². The van der Waals surface area contributed by atoms with Gasteiger partial charge in [0.15, 0.2) is 0 Å². The summed E-state index contributed by atoms with van der Waals surface area (Å²) in [6.45, 7) is 0.564. The largest absolute Gasteiger partial charge is 0.352 e. The number of carbonyl (C=O) groups excluding carboxylic acids is 2. The Bertz CT molecular complexity index is 851. The molecule has 0 aliphatic heterocycles. The lowest BCUT2D eigenvalue weighted by Crippen LogP contribution is -2.46. The Hall–Kier alpha value is -2.47. The van der Waals surface area contributed by atoms with Crippen molar-refractivity contribution in [2.24, 2.45) is 0 Å². The van der Waals surface area contributed by atoms with E-state index in [1.165, 1.54) is 12.1 Å². The van der Waals surface area contributed by atoms with Crippen LogP contribution in [-0.4, -0.2) is 28.9 Å². The molecule has 0 unspecified atom stereocenters. The van der Waals surface area contributed by atoms with Gasteiger partial charge in [-0.2, -0.15) is 0 Å². The van der Waals surface area contributed by atoms with E-state index in [0.29, 0.717) is 17.1 Å². The molecule has 1 aliphatic rings. The van der Waals surface area contributed by atoms with E-state index in [1.807, 2.05) is 0 Å². The number of rotatable bonds is 8. The van der Waals surface area contributed by atoms with Crippen molar-refractivity contribution in [1.82, 2.24) is 15.6 Å². The fraction of sp³-hybridized carbons (Fsp3) is 0.409. The van der Waals surface area contributed by atoms with E-state index in [0.717, 1.165) is 51.1 Å². The Morgan fingerprint density at radius 1 is 1.10 bits per heavy atom. The van der Waals surface area contributed by atoms with Crippen LogP contribution >= 0.6 is 11.6 Å². The van der Waals surface area contributed by atoms with Crippen LogP contribution in [0.25, 0.3) is 0 Å². The average molecular weight is 418 g/mol. The highest BCUT2D eigenvalue weighted by Gasteiger charge is 2.35. The van der Waals surface area contributed by atoms with Gasteiger partial charge in [-0.3, -0.25) is 9.59 Å². The van der Waals surface area contributed by atoms with Gasteiger partial charge >= 0.3 is 0 Å². The molecular weight excluding hydrogens is 393 g/mol. The lowest BCUT2D eigenvalue weighted by atomic mass is 9.90. The molecule has 0 saturated heterocycles. The molecule has 1 fully saturated rings. The Morgan fingerprint density at radius 3 is 2.59 bits per heavy atom. The first-order valence-corrected chi connectivity index (χ1v) is 10.3. The third-order valence-corrected chi connectivity index (χ3v) is 5.59. The van der Waals surface area contributed by atoms with Gasteiger partial charge < -0.3 is 10.6 Å². The van der Waals surface area contributed by atoms with Crippen molar-refractivity contribution in [3.8, 4) is 0 Å². The van der Waals surface area contributed by atoms with Crippen LogP contribution in [0.4, 0.5) is 4.39 Å². The maximum absolute atomic E-state index is 13.0. The first kappa shape index (κ1) is 21.2. The molecule has 0 bridgehead atoms. The summed E-state index contributed by atoms with van der Waals surface area (Å²) in [4.78, 5) is 28.5. The highest BCUT2D eigenvalue weighted by molar-refractivity contribution is 6.30. The Balaban J connectivity index is 1.46. The van der Waals surface area contributed by atoms with Gasteiger partial charge in [0.2, 0.25) is 0 Å². The molecule has 0 atom stereocenters. The Morgan fingerprint density at radius 2 is 1.90 bits per heavy atom. The molecule has 1 saturated carbocycles. The predicted molar refractivity (Wildman–Crippen MR) is 110 cm³/mol. The molecule has 1 heterocycles. The zero-order valence-electron chi connectivity index (χ0n) is 16.2. The van der Waals surface area contributed by atoms with Crippen LogP contribution in [0.3, 0.4) is 0 Å². The zero-order chi connectivity index (χ0) is 20.7. The van der Waals surface area contributed by atoms with E-state index < -0.39 is 5.82 Å². The predicted octanol–water partition coefficient (Wildman–Crippen LogP) is 4.52. The number of nitrogens with one attached hydrogen (secondary N) is 2. The maximum atomic E-state index is 13.0. The van der Waals surface area contributed by atoms with Crippen LogP contribution in [0, 0.1) is 5.82 Å². The van der Waals surface area contributed by atoms with Crippen LogP contribution in [0.2, 0.25) is 5.02 Å². The summed E-state index contributed by atoms with van der Waals surface area (Å²) in [5, 5.41) is 6.57. The number of hydrogen-bond acceptors (Lipinski definition) is 3. The number of carbonyl (C=O) groups is 2. The minimum Gasteiger partial charge on any atom is -0.352 e. The summed E-state index contributed by atoms with van der Waals surface area (Å²) < 4.78 is 13.0. The molecule has 0 radical (unpaired) electrons. The molecule has 2 amide bonds. The normalized spacial score (nSPS) is 15.1. The lowest BCUT2D eigenvalue weighted by Gasteiger charge is -2.30. The second kappa shape index (κ2) is 9.83. The highest BCUT2D eigenvalue weighted by Crippen LogP contribution is 2.34. The zero-order valence-corrected chi connectivity index (χ0v) is 17.0. The van der Waals surface area contributed by atoms with Crippen molar-refractivity contribution in [3.63, 3.8) is 0 Å². The molecule has 1 aliphatic carbocycles. The molecule has 7 heteroatoms. The number of aromatic nitrogens is 1. The first-order valence-electron chi connectivity index (χ1n) is 9.95. The fourth-order valence-corrected chi connectivity index (χ4v) is 4.02. The molecule has 29 heavy (non-hydrogen) atoms. The molecule has 2 N–H and O–H groups in total. The molecule has 3 rings (SSSR count). The molecule has 1 aromatic carbocycles. The maximum Gasteiger partial charge on any atom is 0.270 e. The fourth-order valence-electron chi connectivity index (χ4n) is 3.83. The summed E-state index contributed by atoms with van der Waals surface area (Å²) in [5.74, 6) is -0.864. The first-order chi connectivity index (χ1) is 14.0. The van der Waals surface area contributed by atoms with Gasteiger partial charge in [-0.05, 0) is 62.4 Å². The van der Waals surface area contributed by atoms with E-state index in [-0.39, 0.29) is 23.0 Å². The minimum absolute atomic E-state index is 0.140. The van der Waals surface area contributed by atoms with E-state index in [9.17, 15) is 14.0 Å². The smallest absolute Gasteiger partial charge is 0.270 e. The van der Waals surface area contributed by atoms with Crippen molar-refractivity contribution < 1.29 is 14.0 Å². The highest BCUT2D eigenvalue weighted by atomic mass is 35.5. The number of nitrogens with zero attached hydrogens (tertiary/aromatic N) is 1. The minimum atomic E-state index is -0.461. The van der Waals surface area contributed by atoms with Crippen LogP contribution < -0.4 is 10.6 Å². The number of pyridine rings is 1. The van der Waals surface area contributed by atoms with Crippen molar-refractivity contribution in [2.45, 2.75) is 50.5 Å². The van der Waals surface area contributed by atoms with Gasteiger partial charge in [0.05, 0.1) is 6.20 Å². The molecule has 1 aromatic heterocycles. The lowest BCUT2D eigenvalue weighted by molar-refractivity contribution is 0.0887.